The van der Waals surface area contributed by atoms with Gasteiger partial charge in [-0.1, -0.05) is 0 Å². The van der Waals surface area contributed by atoms with Gasteiger partial charge in [-0.15, -0.1) is 10.2 Å². The molecule has 0 aliphatic carbocycles. The maximum absolute atomic E-state index is 12.0. The van der Waals surface area contributed by atoms with Gasteiger partial charge >= 0.3 is 0 Å². The number of aryl methyl sites for hydroxylation is 1. The first kappa shape index (κ1) is 12.9. The summed E-state index contributed by atoms with van der Waals surface area (Å²) in [5, 5.41) is 10.5. The van der Waals surface area contributed by atoms with Crippen LogP contribution in [0.25, 0.3) is 0 Å². The minimum Gasteiger partial charge on any atom is -0.399 e. The molecule has 1 heterocycles. The van der Waals surface area contributed by atoms with E-state index in [1.165, 1.54) is 0 Å². The smallest absolute Gasteiger partial charge is 0.253 e. The lowest BCUT2D eigenvalue weighted by molar-refractivity contribution is 0.0950. The van der Waals surface area contributed by atoms with Gasteiger partial charge in [0.2, 0.25) is 0 Å². The molecule has 0 aliphatic rings. The van der Waals surface area contributed by atoms with Crippen molar-refractivity contribution in [3.05, 3.63) is 35.9 Å². The predicted molar refractivity (Wildman–Crippen MR) is 72.1 cm³/mol. The average Bonchev–Trinajstić information content (AvgIpc) is 2.83. The number of nitrogens with one attached hydrogen (secondary N) is 1. The highest BCUT2D eigenvalue weighted by Crippen LogP contribution is 2.15. The van der Waals surface area contributed by atoms with Crippen LogP contribution in [0.5, 0.6) is 0 Å². The Balaban J connectivity index is 2.05. The number of carbonyl (C=O) groups excluding carboxylic acids is 1. The maximum atomic E-state index is 12.0. The third-order valence-electron chi connectivity index (χ3n) is 2.76. The number of nitrogens with two attached hydrogens (primary N) is 2. The van der Waals surface area contributed by atoms with Gasteiger partial charge in [-0.2, -0.15) is 0 Å². The van der Waals surface area contributed by atoms with E-state index in [2.05, 4.69) is 15.5 Å². The average molecular weight is 260 g/mol. The summed E-state index contributed by atoms with van der Waals surface area (Å²) < 4.78 is 1.85. The molecule has 5 N–H and O–H groups in total. The van der Waals surface area contributed by atoms with Crippen molar-refractivity contribution in [2.45, 2.75) is 20.0 Å². The van der Waals surface area contributed by atoms with Crippen LogP contribution in [0.15, 0.2) is 24.5 Å². The summed E-state index contributed by atoms with van der Waals surface area (Å²) in [6.45, 7) is 3.03. The molecule has 1 amide bonds. The van der Waals surface area contributed by atoms with Crippen LogP contribution in [0.1, 0.15) is 23.1 Å². The highest BCUT2D eigenvalue weighted by molar-refractivity contribution is 5.99. The van der Waals surface area contributed by atoms with Crippen LogP contribution in [0.4, 0.5) is 11.4 Å². The van der Waals surface area contributed by atoms with E-state index in [1.807, 2.05) is 11.5 Å². The van der Waals surface area contributed by atoms with Crippen LogP contribution in [-0.4, -0.2) is 20.7 Å². The number of anilines is 2. The minimum atomic E-state index is -0.261. The van der Waals surface area contributed by atoms with Gasteiger partial charge in [0, 0.05) is 17.9 Å². The molecular weight excluding hydrogens is 244 g/mol. The zero-order valence-corrected chi connectivity index (χ0v) is 10.6. The second-order valence-corrected chi connectivity index (χ2v) is 4.06. The van der Waals surface area contributed by atoms with Crippen molar-refractivity contribution in [3.63, 3.8) is 0 Å². The molecule has 0 fully saturated rings. The van der Waals surface area contributed by atoms with Gasteiger partial charge in [-0.25, -0.2) is 0 Å². The van der Waals surface area contributed by atoms with Crippen molar-refractivity contribution in [1.82, 2.24) is 20.1 Å². The van der Waals surface area contributed by atoms with Crippen molar-refractivity contribution in [3.8, 4) is 0 Å². The van der Waals surface area contributed by atoms with E-state index in [0.29, 0.717) is 29.3 Å². The highest BCUT2D eigenvalue weighted by Gasteiger charge is 2.11. The zero-order chi connectivity index (χ0) is 13.8. The van der Waals surface area contributed by atoms with Crippen LogP contribution in [0.3, 0.4) is 0 Å². The van der Waals surface area contributed by atoms with E-state index in [0.717, 1.165) is 6.54 Å². The summed E-state index contributed by atoms with van der Waals surface area (Å²) in [4.78, 5) is 12.0. The molecule has 19 heavy (non-hydrogen) atoms. The van der Waals surface area contributed by atoms with E-state index in [9.17, 15) is 4.79 Å². The molecule has 7 nitrogen and oxygen atoms in total. The summed E-state index contributed by atoms with van der Waals surface area (Å²) in [5.41, 5.74) is 12.6. The molecule has 0 saturated heterocycles. The minimum absolute atomic E-state index is 0.261. The lowest BCUT2D eigenvalue weighted by Crippen LogP contribution is -2.25. The van der Waals surface area contributed by atoms with Crippen LogP contribution in [0, 0.1) is 0 Å². The van der Waals surface area contributed by atoms with Crippen molar-refractivity contribution in [2.24, 2.45) is 0 Å². The number of nitrogens with zero attached hydrogens (tertiary/aromatic N) is 3. The van der Waals surface area contributed by atoms with Crippen molar-refractivity contribution in [1.29, 1.82) is 0 Å². The van der Waals surface area contributed by atoms with Gasteiger partial charge in [0.25, 0.3) is 5.91 Å². The van der Waals surface area contributed by atoms with Gasteiger partial charge in [-0.3, -0.25) is 4.79 Å². The van der Waals surface area contributed by atoms with Gasteiger partial charge < -0.3 is 21.4 Å². The lowest BCUT2D eigenvalue weighted by Gasteiger charge is -2.08. The third-order valence-corrected chi connectivity index (χ3v) is 2.76. The summed E-state index contributed by atoms with van der Waals surface area (Å²) in [5.74, 6) is 0.438. The van der Waals surface area contributed by atoms with Crippen LogP contribution in [0.2, 0.25) is 0 Å². The van der Waals surface area contributed by atoms with Crippen LogP contribution in [-0.2, 0) is 13.1 Å². The largest absolute Gasteiger partial charge is 0.399 e. The Morgan fingerprint density at radius 3 is 2.89 bits per heavy atom. The summed E-state index contributed by atoms with van der Waals surface area (Å²) in [6, 6.07) is 4.80. The summed E-state index contributed by atoms with van der Waals surface area (Å²) >= 11 is 0. The molecule has 0 aliphatic heterocycles. The van der Waals surface area contributed by atoms with E-state index in [-0.39, 0.29) is 5.91 Å². The fraction of sp³-hybridized carbons (Fsp3) is 0.250. The summed E-state index contributed by atoms with van der Waals surface area (Å²) in [7, 11) is 0. The number of nitrogen functional groups attached to an aromatic ring is 2. The van der Waals surface area contributed by atoms with E-state index in [4.69, 9.17) is 11.5 Å². The monoisotopic (exact) mass is 260 g/mol. The molecule has 1 aromatic carbocycles. The fourth-order valence-corrected chi connectivity index (χ4v) is 1.72. The number of rotatable bonds is 4. The first-order valence-electron chi connectivity index (χ1n) is 5.91. The molecule has 0 radical (unpaired) electrons. The molecule has 1 aromatic heterocycles. The van der Waals surface area contributed by atoms with Crippen LogP contribution < -0.4 is 16.8 Å². The number of hydrogen-bond donors (Lipinski definition) is 3. The van der Waals surface area contributed by atoms with E-state index in [1.54, 1.807) is 24.5 Å². The van der Waals surface area contributed by atoms with Crippen molar-refractivity contribution < 1.29 is 4.79 Å². The Hall–Kier alpha value is -2.57. The molecule has 0 spiro atoms. The number of aromatic nitrogens is 3. The second-order valence-electron chi connectivity index (χ2n) is 4.06. The van der Waals surface area contributed by atoms with Gasteiger partial charge in [0.1, 0.15) is 6.33 Å². The molecule has 0 saturated carbocycles. The maximum Gasteiger partial charge on any atom is 0.253 e. The molecule has 100 valence electrons. The fourth-order valence-electron chi connectivity index (χ4n) is 1.72. The van der Waals surface area contributed by atoms with E-state index < -0.39 is 0 Å². The number of amides is 1. The Kier molecular flexibility index (Phi) is 3.65. The predicted octanol–water partition coefficient (Wildman–Crippen LogP) is 0.392. The quantitative estimate of drug-likeness (QED) is 0.688. The molecule has 0 unspecified atom stereocenters. The van der Waals surface area contributed by atoms with Crippen molar-refractivity contribution >= 4 is 17.3 Å². The third kappa shape index (κ3) is 2.82. The first-order chi connectivity index (χ1) is 9.11. The Labute approximate surface area is 110 Å². The van der Waals surface area contributed by atoms with Crippen LogP contribution >= 0.6 is 0 Å². The summed E-state index contributed by atoms with van der Waals surface area (Å²) in [6.07, 6.45) is 1.62. The molecular formula is C12H16N6O. The number of benzene rings is 1. The van der Waals surface area contributed by atoms with Gasteiger partial charge in [0.15, 0.2) is 5.82 Å². The normalized spacial score (nSPS) is 10.4. The first-order valence-corrected chi connectivity index (χ1v) is 5.91. The Bertz CT molecular complexity index is 592. The van der Waals surface area contributed by atoms with Crippen molar-refractivity contribution in [2.75, 3.05) is 11.5 Å². The standard InChI is InChI=1S/C12H16N6O/c1-2-18-7-16-17-11(18)6-15-12(19)9-4-3-8(13)5-10(9)14/h3-5,7H,2,6,13-14H2,1H3,(H,15,19). The second kappa shape index (κ2) is 5.38. The Morgan fingerprint density at radius 2 is 2.21 bits per heavy atom. The molecule has 7 heteroatoms. The highest BCUT2D eigenvalue weighted by atomic mass is 16.1. The van der Waals surface area contributed by atoms with E-state index >= 15 is 0 Å². The number of carbonyl (C=O) groups is 1. The lowest BCUT2D eigenvalue weighted by atomic mass is 10.1. The zero-order valence-electron chi connectivity index (χ0n) is 10.6. The Morgan fingerprint density at radius 1 is 1.42 bits per heavy atom. The van der Waals surface area contributed by atoms with Gasteiger partial charge in [0.05, 0.1) is 12.1 Å². The molecule has 0 atom stereocenters. The molecule has 2 rings (SSSR count). The SMILES string of the molecule is CCn1cnnc1CNC(=O)c1ccc(N)cc1N. The molecule has 0 bridgehead atoms. The molecule has 2 aromatic rings. The topological polar surface area (TPSA) is 112 Å². The number of hydrogen-bond acceptors (Lipinski definition) is 5. The van der Waals surface area contributed by atoms with Gasteiger partial charge in [-0.05, 0) is 25.1 Å².